The molecule has 0 spiro atoms. The molecule has 1 saturated carbocycles. The van der Waals surface area contributed by atoms with Gasteiger partial charge in [-0.05, 0) is 0 Å². The van der Waals surface area contributed by atoms with Gasteiger partial charge in [0.1, 0.15) is 0 Å². The van der Waals surface area contributed by atoms with E-state index >= 15 is 0 Å². The molecule has 0 amide bonds. The van der Waals surface area contributed by atoms with Crippen molar-refractivity contribution in [1.82, 2.24) is 0 Å². The molecule has 4 aromatic rings. The second-order valence-corrected chi connectivity index (χ2v) is 23.7. The predicted octanol–water partition coefficient (Wildman–Crippen LogP) is 11.1. The molecule has 4 aromatic carbocycles. The first-order chi connectivity index (χ1) is 22.3. The van der Waals surface area contributed by atoms with Crippen molar-refractivity contribution in [3.05, 3.63) is 107 Å². The predicted molar refractivity (Wildman–Crippen MR) is 201 cm³/mol. The first-order valence-electron chi connectivity index (χ1n) is 16.6. The fourth-order valence-corrected chi connectivity index (χ4v) is 10.1. The molecule has 244 valence electrons. The van der Waals surface area contributed by atoms with Gasteiger partial charge < -0.3 is 0 Å². The molecule has 0 N–H and O–H groups in total. The molecule has 1 aliphatic carbocycles. The van der Waals surface area contributed by atoms with Gasteiger partial charge in [-0.3, -0.25) is 0 Å². The average Bonchev–Trinajstić information content (AvgIpc) is 3.03. The van der Waals surface area contributed by atoms with Gasteiger partial charge >= 0.3 is 293 Å². The summed E-state index contributed by atoms with van der Waals surface area (Å²) >= 11 is -4.57. The van der Waals surface area contributed by atoms with Gasteiger partial charge in [-0.25, -0.2) is 0 Å². The van der Waals surface area contributed by atoms with Crippen molar-refractivity contribution in [2.45, 2.75) is 90.1 Å². The van der Waals surface area contributed by atoms with E-state index in [9.17, 15) is 0 Å². The Kier molecular flexibility index (Phi) is 9.68. The van der Waals surface area contributed by atoms with E-state index in [2.05, 4.69) is 114 Å². The van der Waals surface area contributed by atoms with E-state index < -0.39 is 12.1 Å². The molecule has 7 heteroatoms. The van der Waals surface area contributed by atoms with Crippen LogP contribution in [0.25, 0.3) is 22.3 Å². The molecule has 1 fully saturated rings. The average molecular weight is 728 g/mol. The minimum absolute atomic E-state index is 0.0501. The Morgan fingerprint density at radius 2 is 0.957 bits per heavy atom. The maximum atomic E-state index is 7.26. The molecule has 0 saturated heterocycles. The van der Waals surface area contributed by atoms with Gasteiger partial charge in [-0.15, -0.1) is 0 Å². The van der Waals surface area contributed by atoms with Crippen LogP contribution in [0, 0.1) is 0 Å². The molecule has 2 aliphatic rings. The first kappa shape index (κ1) is 33.8. The van der Waals surface area contributed by atoms with Gasteiger partial charge in [0, 0.05) is 0 Å². The standard InChI is InChI=1S/C40H44Cl2GeN2O2/c1-39(2,3)33-23-29(27-15-9-7-10-16-27)21-31-25-44-35-19-13-14-20-36(35)45-26-32-22-30(28-17-11-8-12-18-28)24-34(40(4,5)6)38(32)47-43(41,42)46-37(31)33/h7-12,15-18,21-26,35-36H,13-14,19-20H2,1-6H3/t35-,36-/m1/s1. The van der Waals surface area contributed by atoms with Gasteiger partial charge in [0.2, 0.25) is 0 Å². The van der Waals surface area contributed by atoms with Gasteiger partial charge in [0.25, 0.3) is 0 Å². The van der Waals surface area contributed by atoms with Crippen molar-refractivity contribution in [2.75, 3.05) is 0 Å². The normalized spacial score (nSPS) is 19.5. The topological polar surface area (TPSA) is 43.2 Å². The number of rotatable bonds is 2. The third kappa shape index (κ3) is 7.82. The Bertz CT molecular complexity index is 1660. The fourth-order valence-electron chi connectivity index (χ4n) is 6.48. The third-order valence-electron chi connectivity index (χ3n) is 9.01. The van der Waals surface area contributed by atoms with Crippen LogP contribution >= 0.6 is 20.0 Å². The fraction of sp³-hybridized carbons (Fsp3) is 0.350. The summed E-state index contributed by atoms with van der Waals surface area (Å²) < 4.78 is 13.6. The van der Waals surface area contributed by atoms with E-state index in [0.29, 0.717) is 11.5 Å². The number of halogens is 2. The summed E-state index contributed by atoms with van der Waals surface area (Å²) in [4.78, 5) is 10.4. The van der Waals surface area contributed by atoms with Crippen LogP contribution in [0.5, 0.6) is 11.5 Å². The summed E-state index contributed by atoms with van der Waals surface area (Å²) in [6.07, 6.45) is 8.13. The summed E-state index contributed by atoms with van der Waals surface area (Å²) in [5.74, 6) is 1.27. The molecule has 2 atom stereocenters. The first-order valence-corrected chi connectivity index (χ1v) is 23.8. The van der Waals surface area contributed by atoms with E-state index in [1.54, 1.807) is 0 Å². The van der Waals surface area contributed by atoms with Crippen molar-refractivity contribution in [3.8, 4) is 33.8 Å². The summed E-state index contributed by atoms with van der Waals surface area (Å²) in [6, 6.07) is 29.6. The van der Waals surface area contributed by atoms with Crippen LogP contribution in [-0.2, 0) is 10.8 Å². The molecule has 4 nitrogen and oxygen atoms in total. The molecule has 6 rings (SSSR count). The Labute approximate surface area is 291 Å². The van der Waals surface area contributed by atoms with Gasteiger partial charge in [-0.2, -0.15) is 0 Å². The van der Waals surface area contributed by atoms with Gasteiger partial charge in [0.15, 0.2) is 0 Å². The molecule has 0 unspecified atom stereocenters. The van der Waals surface area contributed by atoms with Crippen LogP contribution in [0.15, 0.2) is 94.9 Å². The van der Waals surface area contributed by atoms with Crippen molar-refractivity contribution in [1.29, 1.82) is 0 Å². The molecule has 0 aromatic heterocycles. The number of benzene rings is 4. The third-order valence-corrected chi connectivity index (χ3v) is 12.5. The van der Waals surface area contributed by atoms with Crippen LogP contribution in [-0.4, -0.2) is 36.6 Å². The van der Waals surface area contributed by atoms with E-state index in [0.717, 1.165) is 70.2 Å². The molecule has 1 heterocycles. The Morgan fingerprint density at radius 1 is 0.574 bits per heavy atom. The molecular weight excluding hydrogens is 684 g/mol. The quantitative estimate of drug-likeness (QED) is 0.193. The van der Waals surface area contributed by atoms with Crippen molar-refractivity contribution in [3.63, 3.8) is 0 Å². The van der Waals surface area contributed by atoms with Gasteiger partial charge in [0.05, 0.1) is 0 Å². The van der Waals surface area contributed by atoms with E-state index in [1.165, 1.54) is 0 Å². The van der Waals surface area contributed by atoms with Crippen LogP contribution in [0.1, 0.15) is 89.5 Å². The van der Waals surface area contributed by atoms with Crippen molar-refractivity contribution < 1.29 is 7.53 Å². The Hall–Kier alpha value is -3.06. The molecular formula is C40H44Cl2GeN2O2. The zero-order chi connectivity index (χ0) is 33.4. The van der Waals surface area contributed by atoms with Crippen molar-refractivity contribution >= 4 is 44.5 Å². The van der Waals surface area contributed by atoms with Crippen LogP contribution in [0.2, 0.25) is 0 Å². The number of hydrogen-bond acceptors (Lipinski definition) is 4. The SMILES string of the molecule is CC(C)(C)c1cc(-c2ccccc2)cc2c1[O][Ge]([Cl])([Cl])[O]c1c(cc(-c3ccccc3)cc1C(C)(C)C)C=N[C@@H]1CCCC[C@H]1N=C2. The Balaban J connectivity index is 1.58. The molecule has 0 bridgehead atoms. The molecule has 0 radical (unpaired) electrons. The maximum absolute atomic E-state index is 7.26. The zero-order valence-electron chi connectivity index (χ0n) is 28.2. The zero-order valence-corrected chi connectivity index (χ0v) is 31.8. The van der Waals surface area contributed by atoms with Crippen LogP contribution < -0.4 is 7.53 Å². The second-order valence-electron chi connectivity index (χ2n) is 14.8. The van der Waals surface area contributed by atoms with Crippen molar-refractivity contribution in [2.24, 2.45) is 9.98 Å². The van der Waals surface area contributed by atoms with Crippen LogP contribution in [0.4, 0.5) is 0 Å². The van der Waals surface area contributed by atoms with E-state index in [4.69, 9.17) is 37.5 Å². The summed E-state index contributed by atoms with van der Waals surface area (Å²) in [5, 5.41) is 0. The molecule has 47 heavy (non-hydrogen) atoms. The number of nitrogens with zero attached hydrogens (tertiary/aromatic N) is 2. The second kappa shape index (κ2) is 13.5. The summed E-state index contributed by atoms with van der Waals surface area (Å²) in [7, 11) is 14.5. The number of fused-ring (bicyclic) bond motifs is 3. The van der Waals surface area contributed by atoms with E-state index in [1.807, 2.05) is 24.6 Å². The monoisotopic (exact) mass is 728 g/mol. The molecule has 1 aliphatic heterocycles. The van der Waals surface area contributed by atoms with E-state index in [-0.39, 0.29) is 22.9 Å². The summed E-state index contributed by atoms with van der Waals surface area (Å²) in [5.41, 5.74) is 7.55. The van der Waals surface area contributed by atoms with Crippen LogP contribution in [0.3, 0.4) is 0 Å². The summed E-state index contributed by atoms with van der Waals surface area (Å²) in [6.45, 7) is 13.1. The Morgan fingerprint density at radius 3 is 1.32 bits per heavy atom. The number of hydrogen-bond donors (Lipinski definition) is 0. The number of aliphatic imine (C=N–C) groups is 2. The van der Waals surface area contributed by atoms with Gasteiger partial charge in [-0.1, -0.05) is 0 Å². The minimum atomic E-state index is -4.57.